The maximum absolute atomic E-state index is 2.57. The van der Waals surface area contributed by atoms with Gasteiger partial charge in [-0.2, -0.15) is 0 Å². The molecule has 2 heteroatoms. The molecule has 10 aromatic rings. The van der Waals surface area contributed by atoms with Crippen LogP contribution in [0.1, 0.15) is 52.7 Å². The molecule has 11 rings (SSSR count). The number of aromatic nitrogens is 2. The van der Waals surface area contributed by atoms with Crippen molar-refractivity contribution in [3.05, 3.63) is 181 Å². The van der Waals surface area contributed by atoms with Gasteiger partial charge in [0.1, 0.15) is 0 Å². The zero-order valence-electron chi connectivity index (χ0n) is 33.6. The minimum atomic E-state index is -0.0433. The first kappa shape index (κ1) is 33.9. The van der Waals surface area contributed by atoms with Crippen molar-refractivity contribution < 1.29 is 0 Å². The summed E-state index contributed by atoms with van der Waals surface area (Å²) < 4.78 is 5.01. The molecule has 2 heterocycles. The Labute approximate surface area is 334 Å². The van der Waals surface area contributed by atoms with Crippen LogP contribution in [0.5, 0.6) is 0 Å². The molecule has 0 saturated heterocycles. The van der Waals surface area contributed by atoms with E-state index in [0.29, 0.717) is 0 Å². The molecule has 2 nitrogen and oxygen atoms in total. The Kier molecular flexibility index (Phi) is 7.03. The largest absolute Gasteiger partial charge is 0.309 e. The number of hydrogen-bond donors (Lipinski definition) is 0. The first-order chi connectivity index (χ1) is 27.6. The van der Waals surface area contributed by atoms with Crippen molar-refractivity contribution in [1.82, 2.24) is 9.13 Å². The zero-order chi connectivity index (χ0) is 38.8. The molecule has 0 aliphatic heterocycles. The van der Waals surface area contributed by atoms with Gasteiger partial charge in [-0.05, 0) is 109 Å². The summed E-state index contributed by atoms with van der Waals surface area (Å²) in [6.07, 6.45) is 0. The molecule has 0 fully saturated rings. The molecule has 0 bridgehead atoms. The normalized spacial score (nSPS) is 15.6. The molecule has 1 aliphatic rings. The standard InChI is InChI=1S/C55H46N2/c1-53(2)45-23-16-26-50(52(45)54(3,4)55(53,5)6)57-49-30-28-39(33-43(49)44-31-36-19-10-11-20-37(36)34-51(44)57)38-27-29-48-42(32-38)41-22-13-15-25-47(41)56(48)46-24-14-12-21-40(46)35-17-8-7-9-18-35/h7-34H,1-6H3. The number of rotatable bonds is 4. The molecule has 276 valence electrons. The molecular weight excluding hydrogens is 689 g/mol. The molecule has 0 unspecified atom stereocenters. The van der Waals surface area contributed by atoms with Crippen LogP contribution < -0.4 is 0 Å². The van der Waals surface area contributed by atoms with Gasteiger partial charge < -0.3 is 9.13 Å². The first-order valence-electron chi connectivity index (χ1n) is 20.4. The highest BCUT2D eigenvalue weighted by atomic mass is 15.0. The van der Waals surface area contributed by atoms with Crippen molar-refractivity contribution in [2.24, 2.45) is 5.41 Å². The molecule has 0 amide bonds. The quantitative estimate of drug-likeness (QED) is 0.170. The van der Waals surface area contributed by atoms with Crippen molar-refractivity contribution >= 4 is 54.4 Å². The number of fused-ring (bicyclic) bond motifs is 8. The summed E-state index contributed by atoms with van der Waals surface area (Å²) in [7, 11) is 0. The molecule has 0 spiro atoms. The second-order valence-corrected chi connectivity index (χ2v) is 17.8. The van der Waals surface area contributed by atoms with E-state index in [0.717, 1.165) is 0 Å². The Bertz CT molecular complexity index is 3260. The van der Waals surface area contributed by atoms with Crippen molar-refractivity contribution in [1.29, 1.82) is 0 Å². The molecule has 0 atom stereocenters. The van der Waals surface area contributed by atoms with Crippen molar-refractivity contribution in [3.8, 4) is 33.6 Å². The second kappa shape index (κ2) is 11.8. The molecule has 1 aliphatic carbocycles. The summed E-state index contributed by atoms with van der Waals surface area (Å²) in [4.78, 5) is 0. The van der Waals surface area contributed by atoms with Crippen molar-refractivity contribution in [2.45, 2.75) is 52.4 Å². The van der Waals surface area contributed by atoms with Gasteiger partial charge in [-0.3, -0.25) is 0 Å². The van der Waals surface area contributed by atoms with E-state index in [2.05, 4.69) is 221 Å². The number of hydrogen-bond acceptors (Lipinski definition) is 0. The SMILES string of the molecule is CC1(C)c2cccc(-n3c4ccc(-c5ccc6c(c5)c5ccccc5n6-c5ccccc5-c5ccccc5)cc4c4cc5ccccc5cc43)c2C(C)(C)C1(C)C. The van der Waals surface area contributed by atoms with E-state index in [9.17, 15) is 0 Å². The van der Waals surface area contributed by atoms with Crippen LogP contribution in [-0.2, 0) is 10.8 Å². The number of nitrogens with zero attached hydrogens (tertiary/aromatic N) is 2. The minimum absolute atomic E-state index is 0.0197. The highest BCUT2D eigenvalue weighted by Gasteiger charge is 2.57. The van der Waals surface area contributed by atoms with Crippen LogP contribution in [0.2, 0.25) is 0 Å². The zero-order valence-corrected chi connectivity index (χ0v) is 33.6. The third kappa shape index (κ3) is 4.59. The smallest absolute Gasteiger partial charge is 0.0547 e. The molecule has 2 aromatic heterocycles. The summed E-state index contributed by atoms with van der Waals surface area (Å²) in [6, 6.07) is 63.2. The van der Waals surface area contributed by atoms with Gasteiger partial charge in [0.2, 0.25) is 0 Å². The van der Waals surface area contributed by atoms with Crippen LogP contribution in [0, 0.1) is 5.41 Å². The van der Waals surface area contributed by atoms with Crippen LogP contribution >= 0.6 is 0 Å². The highest BCUT2D eigenvalue weighted by Crippen LogP contribution is 2.63. The van der Waals surface area contributed by atoms with Gasteiger partial charge in [-0.25, -0.2) is 0 Å². The Morgan fingerprint density at radius 2 is 0.895 bits per heavy atom. The number of benzene rings is 8. The summed E-state index contributed by atoms with van der Waals surface area (Å²) in [5.74, 6) is 0. The predicted octanol–water partition coefficient (Wildman–Crippen LogP) is 15.0. The fourth-order valence-corrected chi connectivity index (χ4v) is 10.4. The Balaban J connectivity index is 1.15. The third-order valence-electron chi connectivity index (χ3n) is 14.6. The average Bonchev–Trinajstić information content (AvgIpc) is 3.77. The molecular formula is C55H46N2. The van der Waals surface area contributed by atoms with E-state index in [1.807, 2.05) is 0 Å². The Morgan fingerprint density at radius 1 is 0.351 bits per heavy atom. The Hall–Kier alpha value is -6.38. The summed E-state index contributed by atoms with van der Waals surface area (Å²) in [6.45, 7) is 14.7. The van der Waals surface area contributed by atoms with E-state index in [1.54, 1.807) is 0 Å². The van der Waals surface area contributed by atoms with Gasteiger partial charge in [-0.1, -0.05) is 157 Å². The van der Waals surface area contributed by atoms with Gasteiger partial charge in [0, 0.05) is 27.1 Å². The molecule has 57 heavy (non-hydrogen) atoms. The highest BCUT2D eigenvalue weighted by molar-refractivity contribution is 6.15. The van der Waals surface area contributed by atoms with Crippen LogP contribution in [-0.4, -0.2) is 9.13 Å². The van der Waals surface area contributed by atoms with E-state index < -0.39 is 0 Å². The lowest BCUT2D eigenvalue weighted by atomic mass is 9.59. The van der Waals surface area contributed by atoms with Crippen molar-refractivity contribution in [2.75, 3.05) is 0 Å². The topological polar surface area (TPSA) is 9.86 Å². The fourth-order valence-electron chi connectivity index (χ4n) is 10.4. The summed E-state index contributed by atoms with van der Waals surface area (Å²) >= 11 is 0. The average molecular weight is 735 g/mol. The van der Waals surface area contributed by atoms with Gasteiger partial charge in [0.25, 0.3) is 0 Å². The van der Waals surface area contributed by atoms with Crippen LogP contribution in [0.4, 0.5) is 0 Å². The van der Waals surface area contributed by atoms with Crippen molar-refractivity contribution in [3.63, 3.8) is 0 Å². The predicted molar refractivity (Wildman–Crippen MR) is 243 cm³/mol. The van der Waals surface area contributed by atoms with Crippen LogP contribution in [0.15, 0.2) is 170 Å². The molecule has 0 N–H and O–H groups in total. The van der Waals surface area contributed by atoms with E-state index in [4.69, 9.17) is 0 Å². The second-order valence-electron chi connectivity index (χ2n) is 17.8. The minimum Gasteiger partial charge on any atom is -0.309 e. The monoisotopic (exact) mass is 734 g/mol. The van der Waals surface area contributed by atoms with Crippen LogP contribution in [0.25, 0.3) is 88.0 Å². The molecule has 8 aromatic carbocycles. The lowest BCUT2D eigenvalue weighted by molar-refractivity contribution is 0.125. The van der Waals surface area contributed by atoms with Gasteiger partial charge in [-0.15, -0.1) is 0 Å². The first-order valence-corrected chi connectivity index (χ1v) is 20.4. The molecule has 0 saturated carbocycles. The fraction of sp³-hybridized carbons (Fsp3) is 0.164. The number of para-hydroxylation sites is 2. The van der Waals surface area contributed by atoms with E-state index in [-0.39, 0.29) is 16.2 Å². The van der Waals surface area contributed by atoms with Crippen LogP contribution in [0.3, 0.4) is 0 Å². The maximum Gasteiger partial charge on any atom is 0.0547 e. The third-order valence-corrected chi connectivity index (χ3v) is 14.6. The summed E-state index contributed by atoms with van der Waals surface area (Å²) in [5.41, 5.74) is 15.2. The van der Waals surface area contributed by atoms with E-state index >= 15 is 0 Å². The van der Waals surface area contributed by atoms with Gasteiger partial charge in [0.05, 0.1) is 33.4 Å². The maximum atomic E-state index is 2.57. The van der Waals surface area contributed by atoms with Gasteiger partial charge >= 0.3 is 0 Å². The molecule has 0 radical (unpaired) electrons. The lowest BCUT2D eigenvalue weighted by Crippen LogP contribution is -2.42. The summed E-state index contributed by atoms with van der Waals surface area (Å²) in [5, 5.41) is 7.60. The van der Waals surface area contributed by atoms with Gasteiger partial charge in [0.15, 0.2) is 0 Å². The van der Waals surface area contributed by atoms with E-state index in [1.165, 1.54) is 99.1 Å². The lowest BCUT2D eigenvalue weighted by Gasteiger charge is -2.44. The Morgan fingerprint density at radius 3 is 1.63 bits per heavy atom.